The molecule has 1 aromatic heterocycles. The molecule has 1 N–H and O–H groups in total. The molecule has 0 saturated carbocycles. The summed E-state index contributed by atoms with van der Waals surface area (Å²) in [6.45, 7) is 3.93. The average molecular weight is 376 g/mol. The minimum absolute atomic E-state index is 0.117. The van der Waals surface area contributed by atoms with Crippen LogP contribution in [-0.2, 0) is 0 Å². The quantitative estimate of drug-likeness (QED) is 0.679. The van der Waals surface area contributed by atoms with Crippen LogP contribution in [0.4, 0.5) is 4.39 Å². The van der Waals surface area contributed by atoms with Crippen molar-refractivity contribution in [2.24, 2.45) is 0 Å². The summed E-state index contributed by atoms with van der Waals surface area (Å²) >= 11 is 0. The molecule has 1 unspecified atom stereocenters. The van der Waals surface area contributed by atoms with Gasteiger partial charge < -0.3 is 10.1 Å². The summed E-state index contributed by atoms with van der Waals surface area (Å²) in [4.78, 5) is 16.9. The number of amides is 1. The molecule has 2 aromatic carbocycles. The summed E-state index contributed by atoms with van der Waals surface area (Å²) in [7, 11) is 0. The van der Waals surface area contributed by atoms with Crippen molar-refractivity contribution in [3.63, 3.8) is 0 Å². The van der Waals surface area contributed by atoms with Gasteiger partial charge in [0.15, 0.2) is 0 Å². The molecule has 2 heterocycles. The van der Waals surface area contributed by atoms with Crippen LogP contribution >= 0.6 is 0 Å². The van der Waals surface area contributed by atoms with Gasteiger partial charge in [-0.25, -0.2) is 4.39 Å². The van der Waals surface area contributed by atoms with E-state index in [1.165, 1.54) is 12.1 Å². The van der Waals surface area contributed by atoms with Gasteiger partial charge in [-0.05, 0) is 54.8 Å². The Kier molecular flexibility index (Phi) is 4.82. The number of fused-ring (bicyclic) bond motifs is 3. The number of hydrogen-bond donors (Lipinski definition) is 1. The smallest absolute Gasteiger partial charge is 0.251 e. The standard InChI is InChI=1S/C23H21FN2O2/c1-3-21-20-12-16(6-9-18(20)19-10-11-25-13-22(19)28-21)23(27)26-14(2)15-4-7-17(24)8-5-15/h4-14,21H,3H2,1-2H3,(H,26,27)/t14-,21?/m1/s1. The van der Waals surface area contributed by atoms with E-state index in [1.807, 2.05) is 31.2 Å². The predicted molar refractivity (Wildman–Crippen MR) is 106 cm³/mol. The highest BCUT2D eigenvalue weighted by Gasteiger charge is 2.26. The molecule has 5 heteroatoms. The number of pyridine rings is 1. The van der Waals surface area contributed by atoms with Crippen LogP contribution in [0, 0.1) is 5.82 Å². The Balaban J connectivity index is 1.61. The number of benzene rings is 2. The zero-order chi connectivity index (χ0) is 19.7. The fourth-order valence-electron chi connectivity index (χ4n) is 3.55. The van der Waals surface area contributed by atoms with Crippen molar-refractivity contribution in [3.05, 3.63) is 83.4 Å². The first-order valence-corrected chi connectivity index (χ1v) is 9.38. The van der Waals surface area contributed by atoms with Gasteiger partial charge in [0.25, 0.3) is 5.91 Å². The van der Waals surface area contributed by atoms with Gasteiger partial charge in [-0.2, -0.15) is 0 Å². The maximum absolute atomic E-state index is 13.1. The molecule has 28 heavy (non-hydrogen) atoms. The Bertz CT molecular complexity index is 1020. The first-order valence-electron chi connectivity index (χ1n) is 9.38. The van der Waals surface area contributed by atoms with E-state index >= 15 is 0 Å². The van der Waals surface area contributed by atoms with E-state index in [2.05, 4.69) is 17.2 Å². The topological polar surface area (TPSA) is 51.2 Å². The minimum atomic E-state index is -0.293. The third-order valence-electron chi connectivity index (χ3n) is 5.09. The highest BCUT2D eigenvalue weighted by molar-refractivity contribution is 5.95. The summed E-state index contributed by atoms with van der Waals surface area (Å²) in [6, 6.07) is 13.5. The normalized spacial score (nSPS) is 15.8. The third kappa shape index (κ3) is 3.36. The number of nitrogens with one attached hydrogen (secondary N) is 1. The fraction of sp³-hybridized carbons (Fsp3) is 0.217. The second-order valence-corrected chi connectivity index (χ2v) is 6.94. The molecule has 0 radical (unpaired) electrons. The van der Waals surface area contributed by atoms with Crippen LogP contribution in [0.1, 0.15) is 53.9 Å². The van der Waals surface area contributed by atoms with Crippen molar-refractivity contribution in [1.29, 1.82) is 0 Å². The molecule has 3 aromatic rings. The maximum Gasteiger partial charge on any atom is 0.251 e. The Hall–Kier alpha value is -3.21. The fourth-order valence-corrected chi connectivity index (χ4v) is 3.55. The zero-order valence-electron chi connectivity index (χ0n) is 15.8. The zero-order valence-corrected chi connectivity index (χ0v) is 15.8. The lowest BCUT2D eigenvalue weighted by Gasteiger charge is -2.28. The lowest BCUT2D eigenvalue weighted by molar-refractivity contribution is 0.0939. The molecule has 2 atom stereocenters. The molecule has 0 aliphatic carbocycles. The molecule has 0 saturated heterocycles. The van der Waals surface area contributed by atoms with E-state index in [0.717, 1.165) is 34.4 Å². The van der Waals surface area contributed by atoms with E-state index in [1.54, 1.807) is 24.5 Å². The van der Waals surface area contributed by atoms with Crippen LogP contribution in [0.2, 0.25) is 0 Å². The van der Waals surface area contributed by atoms with E-state index in [9.17, 15) is 9.18 Å². The second kappa shape index (κ2) is 7.43. The number of halogens is 1. The Morgan fingerprint density at radius 1 is 1.18 bits per heavy atom. The number of hydrogen-bond acceptors (Lipinski definition) is 3. The van der Waals surface area contributed by atoms with Gasteiger partial charge in [0.05, 0.1) is 12.2 Å². The average Bonchev–Trinajstić information content (AvgIpc) is 2.73. The lowest BCUT2D eigenvalue weighted by atomic mass is 9.90. The molecule has 0 fully saturated rings. The number of carbonyl (C=O) groups is 1. The van der Waals surface area contributed by atoms with Crippen LogP contribution in [0.5, 0.6) is 5.75 Å². The monoisotopic (exact) mass is 376 g/mol. The Morgan fingerprint density at radius 3 is 2.71 bits per heavy atom. The van der Waals surface area contributed by atoms with Gasteiger partial charge in [0.1, 0.15) is 17.7 Å². The Labute approximate surface area is 163 Å². The van der Waals surface area contributed by atoms with E-state index in [0.29, 0.717) is 5.56 Å². The third-order valence-corrected chi connectivity index (χ3v) is 5.09. The molecule has 1 amide bonds. The van der Waals surface area contributed by atoms with Crippen molar-refractivity contribution in [1.82, 2.24) is 10.3 Å². The Morgan fingerprint density at radius 2 is 1.96 bits per heavy atom. The van der Waals surface area contributed by atoms with E-state index < -0.39 is 0 Å². The first kappa shape index (κ1) is 18.2. The van der Waals surface area contributed by atoms with E-state index in [-0.39, 0.29) is 23.9 Å². The van der Waals surface area contributed by atoms with Crippen LogP contribution in [0.3, 0.4) is 0 Å². The molecule has 4 nitrogen and oxygen atoms in total. The van der Waals surface area contributed by atoms with Crippen LogP contribution in [0.15, 0.2) is 60.9 Å². The highest BCUT2D eigenvalue weighted by Crippen LogP contribution is 2.43. The number of ether oxygens (including phenoxy) is 1. The minimum Gasteiger partial charge on any atom is -0.483 e. The van der Waals surface area contributed by atoms with Crippen molar-refractivity contribution in [2.75, 3.05) is 0 Å². The van der Waals surface area contributed by atoms with Gasteiger partial charge in [-0.1, -0.05) is 25.1 Å². The predicted octanol–water partition coefficient (Wildman–Crippen LogP) is 5.22. The van der Waals surface area contributed by atoms with Crippen LogP contribution in [-0.4, -0.2) is 10.9 Å². The van der Waals surface area contributed by atoms with Crippen molar-refractivity contribution in [2.45, 2.75) is 32.4 Å². The largest absolute Gasteiger partial charge is 0.483 e. The summed E-state index contributed by atoms with van der Waals surface area (Å²) in [5.41, 5.74) is 4.49. The molecule has 0 spiro atoms. The number of rotatable bonds is 4. The summed E-state index contributed by atoms with van der Waals surface area (Å²) in [6.07, 6.45) is 4.14. The number of carbonyl (C=O) groups excluding carboxylic acids is 1. The number of aromatic nitrogens is 1. The molecule has 1 aliphatic rings. The lowest BCUT2D eigenvalue weighted by Crippen LogP contribution is -2.27. The van der Waals surface area contributed by atoms with Crippen LogP contribution < -0.4 is 10.1 Å². The number of nitrogens with zero attached hydrogens (tertiary/aromatic N) is 1. The summed E-state index contributed by atoms with van der Waals surface area (Å²) < 4.78 is 19.2. The first-order chi connectivity index (χ1) is 13.6. The van der Waals surface area contributed by atoms with Gasteiger partial charge in [0.2, 0.25) is 0 Å². The molecule has 1 aliphatic heterocycles. The summed E-state index contributed by atoms with van der Waals surface area (Å²) in [5.74, 6) is 0.303. The molecule has 4 rings (SSSR count). The van der Waals surface area contributed by atoms with Gasteiger partial charge in [0, 0.05) is 22.9 Å². The van der Waals surface area contributed by atoms with Crippen LogP contribution in [0.25, 0.3) is 11.1 Å². The molecular formula is C23H21FN2O2. The second-order valence-electron chi connectivity index (χ2n) is 6.94. The van der Waals surface area contributed by atoms with Crippen molar-refractivity contribution in [3.8, 4) is 16.9 Å². The molecule has 0 bridgehead atoms. The van der Waals surface area contributed by atoms with Gasteiger partial charge in [-0.15, -0.1) is 0 Å². The summed E-state index contributed by atoms with van der Waals surface area (Å²) in [5, 5.41) is 2.98. The SMILES string of the molecule is CCC1Oc2cnccc2-c2ccc(C(=O)N[C@H](C)c3ccc(F)cc3)cc21. The molecule has 142 valence electrons. The van der Waals surface area contributed by atoms with E-state index in [4.69, 9.17) is 4.74 Å². The molecular weight excluding hydrogens is 355 g/mol. The van der Waals surface area contributed by atoms with Crippen molar-refractivity contribution >= 4 is 5.91 Å². The van der Waals surface area contributed by atoms with Gasteiger partial charge in [-0.3, -0.25) is 9.78 Å². The van der Waals surface area contributed by atoms with Crippen molar-refractivity contribution < 1.29 is 13.9 Å². The maximum atomic E-state index is 13.1. The van der Waals surface area contributed by atoms with Gasteiger partial charge >= 0.3 is 0 Å². The highest BCUT2D eigenvalue weighted by atomic mass is 19.1.